The molecule has 0 radical (unpaired) electrons. The number of anilines is 2. The quantitative estimate of drug-likeness (QED) is 0.199. The van der Waals surface area contributed by atoms with E-state index < -0.39 is 23.5 Å². The van der Waals surface area contributed by atoms with Gasteiger partial charge in [-0.3, -0.25) is 4.79 Å². The van der Waals surface area contributed by atoms with Crippen molar-refractivity contribution in [2.45, 2.75) is 32.5 Å². The topological polar surface area (TPSA) is 123 Å². The summed E-state index contributed by atoms with van der Waals surface area (Å²) in [5.41, 5.74) is 3.57. The predicted molar refractivity (Wildman–Crippen MR) is 163 cm³/mol. The molecule has 4 aromatic rings. The molecule has 11 heteroatoms. The van der Waals surface area contributed by atoms with Crippen molar-refractivity contribution in [2.24, 2.45) is 0 Å². The highest BCUT2D eigenvalue weighted by molar-refractivity contribution is 5.98. The summed E-state index contributed by atoms with van der Waals surface area (Å²) in [5, 5.41) is 14.9. The van der Waals surface area contributed by atoms with E-state index in [1.165, 1.54) is 31.4 Å². The lowest BCUT2D eigenvalue weighted by molar-refractivity contribution is -0.115. The maximum Gasteiger partial charge on any atom is 0.337 e. The number of rotatable bonds is 11. The first kappa shape index (κ1) is 31.1. The zero-order valence-electron chi connectivity index (χ0n) is 24.7. The molecule has 5 rings (SSSR count). The lowest BCUT2D eigenvalue weighted by Crippen LogP contribution is -2.33. The van der Waals surface area contributed by atoms with E-state index in [4.69, 9.17) is 19.5 Å². The Labute approximate surface area is 258 Å². The molecule has 9 nitrogen and oxygen atoms in total. The number of hydrogen-bond acceptors (Lipinski definition) is 8. The van der Waals surface area contributed by atoms with Crippen molar-refractivity contribution in [3.05, 3.63) is 106 Å². The molecule has 2 heterocycles. The number of nitrogens with zero attached hydrogens (tertiary/aromatic N) is 2. The Balaban J connectivity index is 1.28. The third-order valence-corrected chi connectivity index (χ3v) is 7.33. The van der Waals surface area contributed by atoms with Gasteiger partial charge in [0, 0.05) is 30.3 Å². The van der Waals surface area contributed by atoms with Crippen LogP contribution in [-0.2, 0) is 27.3 Å². The van der Waals surface area contributed by atoms with Gasteiger partial charge in [0.15, 0.2) is 0 Å². The van der Waals surface area contributed by atoms with Gasteiger partial charge in [0.1, 0.15) is 18.2 Å². The van der Waals surface area contributed by atoms with Crippen LogP contribution in [0.4, 0.5) is 20.2 Å². The van der Waals surface area contributed by atoms with Gasteiger partial charge in [-0.15, -0.1) is 0 Å². The van der Waals surface area contributed by atoms with Crippen LogP contribution >= 0.6 is 0 Å². The van der Waals surface area contributed by atoms with E-state index in [1.54, 1.807) is 43.3 Å². The lowest BCUT2D eigenvalue weighted by Gasteiger charge is -2.27. The zero-order chi connectivity index (χ0) is 31.9. The van der Waals surface area contributed by atoms with E-state index in [1.807, 2.05) is 6.07 Å². The first-order chi connectivity index (χ1) is 21.7. The third-order valence-electron chi connectivity index (χ3n) is 7.33. The highest BCUT2D eigenvalue weighted by Gasteiger charge is 2.20. The number of nitrogens with one attached hydrogen (secondary N) is 2. The standard InChI is InChI=1S/C34H30F2N4O5/c1-20-12-24(15-32(41)39-30-9-8-22(34(42)43-2)14-31(30)38-18-25-10-11-44-25)28(36)16-26(20)29-4-3-5-33(40-29)45-19-23-7-6-21(17-37)13-27(23)35/h3-9,12-14,16,25,38H,10-11,15,18-19H2,1-2H3,(H,39,41)/t25-/m0/s1. The lowest BCUT2D eigenvalue weighted by atomic mass is 9.99. The molecule has 1 aromatic heterocycles. The van der Waals surface area contributed by atoms with Crippen molar-refractivity contribution in [3.63, 3.8) is 0 Å². The number of methoxy groups -OCH3 is 1. The average molecular weight is 613 g/mol. The molecule has 45 heavy (non-hydrogen) atoms. The van der Waals surface area contributed by atoms with Crippen molar-refractivity contribution in [1.29, 1.82) is 5.26 Å². The van der Waals surface area contributed by atoms with Crippen LogP contribution in [0, 0.1) is 29.9 Å². The van der Waals surface area contributed by atoms with Crippen LogP contribution in [0.15, 0.2) is 66.7 Å². The number of esters is 1. The van der Waals surface area contributed by atoms with Crippen LogP contribution in [0.1, 0.15) is 39.0 Å². The number of halogens is 2. The van der Waals surface area contributed by atoms with Crippen molar-refractivity contribution >= 4 is 23.3 Å². The molecule has 1 aliphatic heterocycles. The van der Waals surface area contributed by atoms with Gasteiger partial charge in [-0.25, -0.2) is 18.6 Å². The van der Waals surface area contributed by atoms with E-state index in [0.29, 0.717) is 46.9 Å². The van der Waals surface area contributed by atoms with Crippen LogP contribution in [0.5, 0.6) is 5.88 Å². The number of amides is 1. The second kappa shape index (κ2) is 14.0. The molecule has 1 amide bonds. The van der Waals surface area contributed by atoms with E-state index in [0.717, 1.165) is 12.5 Å². The number of ether oxygens (including phenoxy) is 3. The van der Waals surface area contributed by atoms with E-state index >= 15 is 4.39 Å². The van der Waals surface area contributed by atoms with Gasteiger partial charge in [0.25, 0.3) is 0 Å². The molecule has 0 bridgehead atoms. The van der Waals surface area contributed by atoms with Crippen molar-refractivity contribution in [3.8, 4) is 23.2 Å². The minimum Gasteiger partial charge on any atom is -0.473 e. The minimum atomic E-state index is -0.583. The summed E-state index contributed by atoms with van der Waals surface area (Å²) >= 11 is 0. The van der Waals surface area contributed by atoms with Crippen molar-refractivity contribution in [1.82, 2.24) is 4.98 Å². The first-order valence-corrected chi connectivity index (χ1v) is 14.2. The van der Waals surface area contributed by atoms with Crippen LogP contribution in [0.25, 0.3) is 11.3 Å². The van der Waals surface area contributed by atoms with E-state index in [2.05, 4.69) is 15.6 Å². The highest BCUT2D eigenvalue weighted by atomic mass is 19.1. The Morgan fingerprint density at radius 3 is 2.56 bits per heavy atom. The molecule has 0 saturated carbocycles. The Hall–Kier alpha value is -5.34. The SMILES string of the molecule is COC(=O)c1ccc(NC(=O)Cc2cc(C)c(-c3cccc(OCc4ccc(C#N)cc4F)n3)cc2F)c(NC[C@@H]2CCO2)c1. The van der Waals surface area contributed by atoms with Crippen LogP contribution in [-0.4, -0.2) is 43.2 Å². The smallest absolute Gasteiger partial charge is 0.337 e. The molecule has 0 unspecified atom stereocenters. The minimum absolute atomic E-state index is 0.0400. The number of carbonyl (C=O) groups excluding carboxylic acids is 2. The number of aryl methyl sites for hydroxylation is 1. The van der Waals surface area contributed by atoms with Crippen molar-refractivity contribution in [2.75, 3.05) is 30.9 Å². The summed E-state index contributed by atoms with van der Waals surface area (Å²) < 4.78 is 45.5. The first-order valence-electron chi connectivity index (χ1n) is 14.2. The highest BCUT2D eigenvalue weighted by Crippen LogP contribution is 2.29. The number of pyridine rings is 1. The second-order valence-corrected chi connectivity index (χ2v) is 10.5. The molecule has 230 valence electrons. The van der Waals surface area contributed by atoms with Gasteiger partial charge in [-0.05, 0) is 66.9 Å². The molecule has 1 fully saturated rings. The molecule has 1 saturated heterocycles. The summed E-state index contributed by atoms with van der Waals surface area (Å²) in [6, 6.07) is 18.6. The molecular weight excluding hydrogens is 582 g/mol. The summed E-state index contributed by atoms with van der Waals surface area (Å²) in [7, 11) is 1.29. The van der Waals surface area contributed by atoms with Gasteiger partial charge in [-0.1, -0.05) is 18.2 Å². The fourth-order valence-electron chi connectivity index (χ4n) is 4.76. The van der Waals surface area contributed by atoms with Crippen LogP contribution in [0.3, 0.4) is 0 Å². The molecule has 0 spiro atoms. The monoisotopic (exact) mass is 612 g/mol. The Morgan fingerprint density at radius 1 is 1.04 bits per heavy atom. The van der Waals surface area contributed by atoms with E-state index in [9.17, 15) is 14.0 Å². The summed E-state index contributed by atoms with van der Waals surface area (Å²) in [5.74, 6) is -1.89. The average Bonchev–Trinajstić information content (AvgIpc) is 3.01. The predicted octanol–water partition coefficient (Wildman–Crippen LogP) is 5.95. The van der Waals surface area contributed by atoms with E-state index in [-0.39, 0.29) is 41.7 Å². The third kappa shape index (κ3) is 7.60. The number of hydrogen-bond donors (Lipinski definition) is 2. The van der Waals surface area contributed by atoms with Crippen molar-refractivity contribution < 1.29 is 32.6 Å². The Bertz CT molecular complexity index is 1790. The van der Waals surface area contributed by atoms with Gasteiger partial charge in [0.2, 0.25) is 11.8 Å². The van der Waals surface area contributed by atoms with Crippen LogP contribution in [0.2, 0.25) is 0 Å². The second-order valence-electron chi connectivity index (χ2n) is 10.5. The fourth-order valence-corrected chi connectivity index (χ4v) is 4.76. The van der Waals surface area contributed by atoms with Gasteiger partial charge >= 0.3 is 5.97 Å². The molecule has 0 aliphatic carbocycles. The van der Waals surface area contributed by atoms with Crippen LogP contribution < -0.4 is 15.4 Å². The number of benzene rings is 3. The molecular formula is C34H30F2N4O5. The van der Waals surface area contributed by atoms with Gasteiger partial charge < -0.3 is 24.8 Å². The number of carbonyl (C=O) groups is 2. The Kier molecular flexibility index (Phi) is 9.65. The maximum absolute atomic E-state index is 15.3. The molecule has 2 N–H and O–H groups in total. The number of aromatic nitrogens is 1. The zero-order valence-corrected chi connectivity index (χ0v) is 24.7. The molecule has 1 aliphatic rings. The number of nitriles is 1. The maximum atomic E-state index is 15.3. The Morgan fingerprint density at radius 2 is 1.84 bits per heavy atom. The largest absolute Gasteiger partial charge is 0.473 e. The van der Waals surface area contributed by atoms with Gasteiger partial charge in [0.05, 0.1) is 53.9 Å². The van der Waals surface area contributed by atoms with Gasteiger partial charge in [-0.2, -0.15) is 5.26 Å². The molecule has 1 atom stereocenters. The molecule has 3 aromatic carbocycles. The normalized spacial score (nSPS) is 13.7. The summed E-state index contributed by atoms with van der Waals surface area (Å²) in [6.45, 7) is 2.87. The summed E-state index contributed by atoms with van der Waals surface area (Å²) in [4.78, 5) is 29.5. The fraction of sp³-hybridized carbons (Fsp3) is 0.235. The summed E-state index contributed by atoms with van der Waals surface area (Å²) in [6.07, 6.45) is 0.716.